The van der Waals surface area contributed by atoms with E-state index in [-0.39, 0.29) is 5.75 Å². The second-order valence-electron chi connectivity index (χ2n) is 3.92. The van der Waals surface area contributed by atoms with E-state index in [4.69, 9.17) is 0 Å². The molecule has 0 amide bonds. The molecule has 1 rings (SSSR count). The van der Waals surface area contributed by atoms with Crippen LogP contribution in [-0.4, -0.2) is 22.1 Å². The first-order valence-electron chi connectivity index (χ1n) is 4.62. The van der Waals surface area contributed by atoms with E-state index < -0.39 is 5.60 Å². The van der Waals surface area contributed by atoms with Crippen LogP contribution in [0.4, 0.5) is 0 Å². The van der Waals surface area contributed by atoms with Crippen LogP contribution in [0.3, 0.4) is 0 Å². The van der Waals surface area contributed by atoms with Crippen LogP contribution in [0.15, 0.2) is 24.3 Å². The van der Waals surface area contributed by atoms with Gasteiger partial charge in [0.1, 0.15) is 12.0 Å². The first-order valence-corrected chi connectivity index (χ1v) is 4.62. The van der Waals surface area contributed by atoms with Crippen LogP contribution in [0.25, 0.3) is 6.08 Å². The van der Waals surface area contributed by atoms with Crippen LogP contribution in [0, 0.1) is 0 Å². The summed E-state index contributed by atoms with van der Waals surface area (Å²) in [7, 11) is 0. The molecule has 0 bridgehead atoms. The van der Waals surface area contributed by atoms with Gasteiger partial charge in [0, 0.05) is 11.1 Å². The minimum absolute atomic E-state index is 0.0844. The number of benzene rings is 1. The van der Waals surface area contributed by atoms with Crippen molar-refractivity contribution >= 4 is 12.4 Å². The van der Waals surface area contributed by atoms with E-state index in [0.29, 0.717) is 17.4 Å². The Kier molecular flexibility index (Phi) is 3.27. The van der Waals surface area contributed by atoms with Crippen LogP contribution in [0.1, 0.15) is 29.8 Å². The van der Waals surface area contributed by atoms with Gasteiger partial charge in [-0.05, 0) is 32.0 Å². The zero-order valence-corrected chi connectivity index (χ0v) is 8.77. The van der Waals surface area contributed by atoms with Gasteiger partial charge in [-0.2, -0.15) is 0 Å². The molecule has 3 nitrogen and oxygen atoms in total. The zero-order valence-electron chi connectivity index (χ0n) is 8.77. The maximum Gasteiger partial charge on any atom is 0.150 e. The van der Waals surface area contributed by atoms with Gasteiger partial charge >= 0.3 is 0 Å². The molecule has 0 aliphatic carbocycles. The van der Waals surface area contributed by atoms with Gasteiger partial charge in [0.15, 0.2) is 0 Å². The van der Waals surface area contributed by atoms with Crippen LogP contribution in [0.2, 0.25) is 0 Å². The Bertz CT molecular complexity index is 386. The molecule has 0 spiro atoms. The van der Waals surface area contributed by atoms with E-state index in [0.717, 1.165) is 0 Å². The number of rotatable bonds is 3. The molecule has 80 valence electrons. The maximum atomic E-state index is 10.5. The molecule has 1 aromatic rings. The number of aliphatic hydroxyl groups is 1. The van der Waals surface area contributed by atoms with Crippen LogP contribution >= 0.6 is 0 Å². The Balaban J connectivity index is 3.03. The molecule has 0 saturated heterocycles. The lowest BCUT2D eigenvalue weighted by atomic mass is 10.1. The van der Waals surface area contributed by atoms with E-state index in [1.165, 1.54) is 12.1 Å². The molecule has 0 atom stereocenters. The Morgan fingerprint density at radius 3 is 2.53 bits per heavy atom. The summed E-state index contributed by atoms with van der Waals surface area (Å²) in [5.41, 5.74) is 0.0637. The molecule has 0 heterocycles. The Morgan fingerprint density at radius 1 is 1.33 bits per heavy atom. The van der Waals surface area contributed by atoms with E-state index in [9.17, 15) is 15.0 Å². The molecule has 0 radical (unpaired) electrons. The minimum Gasteiger partial charge on any atom is -0.507 e. The van der Waals surface area contributed by atoms with Gasteiger partial charge in [-0.15, -0.1) is 0 Å². The number of carbonyl (C=O) groups excluding carboxylic acids is 1. The third kappa shape index (κ3) is 3.56. The number of phenols is 1. The van der Waals surface area contributed by atoms with E-state index >= 15 is 0 Å². The Morgan fingerprint density at radius 2 is 2.00 bits per heavy atom. The molecule has 0 aromatic heterocycles. The average molecular weight is 206 g/mol. The van der Waals surface area contributed by atoms with Crippen molar-refractivity contribution in [3.8, 4) is 5.75 Å². The van der Waals surface area contributed by atoms with Crippen molar-refractivity contribution in [2.45, 2.75) is 19.4 Å². The van der Waals surface area contributed by atoms with Gasteiger partial charge < -0.3 is 10.2 Å². The fourth-order valence-corrected chi connectivity index (χ4v) is 1.07. The van der Waals surface area contributed by atoms with Crippen molar-refractivity contribution < 1.29 is 15.0 Å². The lowest BCUT2D eigenvalue weighted by Gasteiger charge is -2.10. The highest BCUT2D eigenvalue weighted by atomic mass is 16.3. The summed E-state index contributed by atoms with van der Waals surface area (Å²) >= 11 is 0. The summed E-state index contributed by atoms with van der Waals surface area (Å²) in [4.78, 5) is 10.5. The van der Waals surface area contributed by atoms with Crippen molar-refractivity contribution in [3.63, 3.8) is 0 Å². The molecule has 0 aliphatic rings. The molecule has 0 aliphatic heterocycles. The lowest BCUT2D eigenvalue weighted by Crippen LogP contribution is -2.13. The standard InChI is InChI=1S/C12H14O3/c1-12(2,15)6-5-10-7-9(8-13)3-4-11(10)14/h3-8,14-15H,1-2H3. The number of phenolic OH excluding ortho intramolecular Hbond substituents is 1. The van der Waals surface area contributed by atoms with Gasteiger partial charge in [-0.1, -0.05) is 12.2 Å². The summed E-state index contributed by atoms with van der Waals surface area (Å²) in [6.45, 7) is 3.26. The Hall–Kier alpha value is -1.61. The molecule has 3 heteroatoms. The van der Waals surface area contributed by atoms with Crippen molar-refractivity contribution in [3.05, 3.63) is 35.4 Å². The summed E-state index contributed by atoms with van der Waals surface area (Å²) in [6.07, 6.45) is 3.85. The SMILES string of the molecule is CC(C)(O)C=Cc1cc(C=O)ccc1O. The van der Waals surface area contributed by atoms with Gasteiger partial charge in [-0.25, -0.2) is 0 Å². The monoisotopic (exact) mass is 206 g/mol. The average Bonchev–Trinajstić information content (AvgIpc) is 2.15. The second kappa shape index (κ2) is 4.28. The number of carbonyl (C=O) groups is 1. The van der Waals surface area contributed by atoms with Crippen molar-refractivity contribution in [1.82, 2.24) is 0 Å². The molecule has 2 N–H and O–H groups in total. The summed E-state index contributed by atoms with van der Waals surface area (Å²) in [5, 5.41) is 18.9. The zero-order chi connectivity index (χ0) is 11.5. The van der Waals surface area contributed by atoms with E-state index in [1.807, 2.05) is 0 Å². The second-order valence-corrected chi connectivity index (χ2v) is 3.92. The first kappa shape index (κ1) is 11.5. The van der Waals surface area contributed by atoms with Crippen LogP contribution in [-0.2, 0) is 0 Å². The fraction of sp³-hybridized carbons (Fsp3) is 0.250. The van der Waals surface area contributed by atoms with Crippen LogP contribution < -0.4 is 0 Å². The van der Waals surface area contributed by atoms with Crippen molar-refractivity contribution in [2.24, 2.45) is 0 Å². The molecule has 0 unspecified atom stereocenters. The molecule has 15 heavy (non-hydrogen) atoms. The van der Waals surface area contributed by atoms with Crippen molar-refractivity contribution in [2.75, 3.05) is 0 Å². The van der Waals surface area contributed by atoms with Gasteiger partial charge in [-0.3, -0.25) is 4.79 Å². The fourth-order valence-electron chi connectivity index (χ4n) is 1.07. The van der Waals surface area contributed by atoms with Gasteiger partial charge in [0.2, 0.25) is 0 Å². The summed E-state index contributed by atoms with van der Waals surface area (Å²) in [6, 6.07) is 4.54. The summed E-state index contributed by atoms with van der Waals surface area (Å²) in [5.74, 6) is 0.0844. The molecular formula is C12H14O3. The molecule has 0 fully saturated rings. The highest BCUT2D eigenvalue weighted by Crippen LogP contribution is 2.20. The third-order valence-electron chi connectivity index (χ3n) is 1.86. The van der Waals surface area contributed by atoms with E-state index in [1.54, 1.807) is 32.1 Å². The highest BCUT2D eigenvalue weighted by Gasteiger charge is 2.07. The topological polar surface area (TPSA) is 57.5 Å². The first-order chi connectivity index (χ1) is 6.92. The third-order valence-corrected chi connectivity index (χ3v) is 1.86. The normalized spacial score (nSPS) is 11.9. The predicted molar refractivity (Wildman–Crippen MR) is 58.8 cm³/mol. The van der Waals surface area contributed by atoms with Crippen molar-refractivity contribution in [1.29, 1.82) is 0 Å². The number of hydrogen-bond donors (Lipinski definition) is 2. The highest BCUT2D eigenvalue weighted by molar-refractivity contribution is 5.77. The largest absolute Gasteiger partial charge is 0.507 e. The Labute approximate surface area is 88.7 Å². The maximum absolute atomic E-state index is 10.5. The number of aromatic hydroxyl groups is 1. The van der Waals surface area contributed by atoms with Crippen LogP contribution in [0.5, 0.6) is 5.75 Å². The number of aldehydes is 1. The minimum atomic E-state index is -0.941. The lowest BCUT2D eigenvalue weighted by molar-refractivity contribution is 0.112. The van der Waals surface area contributed by atoms with Gasteiger partial charge in [0.05, 0.1) is 5.60 Å². The molecular weight excluding hydrogens is 192 g/mol. The van der Waals surface area contributed by atoms with E-state index in [2.05, 4.69) is 0 Å². The quantitative estimate of drug-likeness (QED) is 0.743. The van der Waals surface area contributed by atoms with Gasteiger partial charge in [0.25, 0.3) is 0 Å². The number of hydrogen-bond acceptors (Lipinski definition) is 3. The summed E-state index contributed by atoms with van der Waals surface area (Å²) < 4.78 is 0. The molecule has 1 aromatic carbocycles. The molecule has 0 saturated carbocycles. The predicted octanol–water partition coefficient (Wildman–Crippen LogP) is 1.99. The smallest absolute Gasteiger partial charge is 0.150 e.